The summed E-state index contributed by atoms with van der Waals surface area (Å²) in [6, 6.07) is 1.31. The molecule has 0 aliphatic carbocycles. The van der Waals surface area contributed by atoms with E-state index in [4.69, 9.17) is 78.5 Å². The van der Waals surface area contributed by atoms with Gasteiger partial charge in [0.1, 0.15) is 14.0 Å². The first-order valence-corrected chi connectivity index (χ1v) is 46.2. The second kappa shape index (κ2) is 27.2. The number of ether oxygens (including phenoxy) is 2. The lowest BCUT2D eigenvalue weighted by Gasteiger charge is -2.48. The Morgan fingerprint density at radius 1 is 0.656 bits per heavy atom. The molecular formula is C35H91BN6O13Si9. The molecule has 2 radical (unpaired) electrons. The minimum Gasteiger partial charge on any atom is -0.423 e. The molecule has 2 heterocycles. The molecule has 64 heavy (non-hydrogen) atoms. The highest BCUT2D eigenvalue weighted by Gasteiger charge is 2.56. The van der Waals surface area contributed by atoms with Crippen LogP contribution < -0.4 is 22.1 Å². The number of hydrogen-bond donors (Lipinski definition) is 6. The van der Waals surface area contributed by atoms with Gasteiger partial charge in [0.2, 0.25) is 0 Å². The van der Waals surface area contributed by atoms with Gasteiger partial charge in [-0.2, -0.15) is 0 Å². The second-order valence-corrected chi connectivity index (χ2v) is 49.1. The minimum atomic E-state index is -3.92. The van der Waals surface area contributed by atoms with Gasteiger partial charge in [-0.3, -0.25) is 9.80 Å². The van der Waals surface area contributed by atoms with Crippen LogP contribution in [0.15, 0.2) is 0 Å². The van der Waals surface area contributed by atoms with Crippen molar-refractivity contribution in [2.24, 2.45) is 11.5 Å². The van der Waals surface area contributed by atoms with Gasteiger partial charge >= 0.3 is 69.5 Å². The zero-order chi connectivity index (χ0) is 50.0. The Bertz CT molecular complexity index is 1380. The molecule has 2 saturated heterocycles. The van der Waals surface area contributed by atoms with E-state index in [1.54, 1.807) is 0 Å². The molecular weight excluding hydrogens is 976 g/mol. The SMILES string of the molecule is [2H]O[Si](C)(C)O[Si](C)(CCCNCCN)O[Si](C)(C)O[SiH](CN1CCOCC1)OC(C)(C)O[Si](CN1CCOCC1)(O[Si]([B])(C)C)O[Si](C)(C)O[Si](C)(CCCNCCN)O[Si](C)(C)O[2H]. The fraction of sp³-hybridized carbons (Fsp3) is 1.00. The van der Waals surface area contributed by atoms with Crippen molar-refractivity contribution < 1.29 is 56.7 Å². The summed E-state index contributed by atoms with van der Waals surface area (Å²) in [5, 5.41) is 6.74. The number of nitrogens with zero attached hydrogens (tertiary/aromatic N) is 2. The Hall–Kier alpha value is 1.26. The molecule has 2 aliphatic rings. The van der Waals surface area contributed by atoms with Gasteiger partial charge in [0, 0.05) is 58.5 Å². The van der Waals surface area contributed by atoms with Crippen molar-refractivity contribution >= 4 is 85.1 Å². The normalized spacial score (nSPS) is 20.9. The maximum Gasteiger partial charge on any atom is 0.498 e. The van der Waals surface area contributed by atoms with Crippen LogP contribution in [0.3, 0.4) is 0 Å². The van der Waals surface area contributed by atoms with E-state index in [9.17, 15) is 0 Å². The molecule has 0 saturated carbocycles. The summed E-state index contributed by atoms with van der Waals surface area (Å²) < 4.78 is 90.9. The van der Waals surface area contributed by atoms with Gasteiger partial charge in [0.25, 0.3) is 0 Å². The molecule has 0 bridgehead atoms. The van der Waals surface area contributed by atoms with Gasteiger partial charge in [-0.05, 0) is 117 Å². The zero-order valence-corrected chi connectivity index (χ0v) is 51.3. The summed E-state index contributed by atoms with van der Waals surface area (Å²) in [6.45, 7) is 36.3. The van der Waals surface area contributed by atoms with Crippen molar-refractivity contribution in [1.29, 1.82) is 2.86 Å². The van der Waals surface area contributed by atoms with Crippen LogP contribution in [0.1, 0.15) is 26.7 Å². The number of rotatable bonds is 36. The first-order chi connectivity index (χ1) is 30.4. The van der Waals surface area contributed by atoms with Crippen molar-refractivity contribution in [3.8, 4) is 0 Å². The Morgan fingerprint density at radius 3 is 1.55 bits per heavy atom. The smallest absolute Gasteiger partial charge is 0.423 e. The van der Waals surface area contributed by atoms with E-state index >= 15 is 0 Å². The topological polar surface area (TPSA) is 225 Å². The summed E-state index contributed by atoms with van der Waals surface area (Å²) in [6.07, 6.45) is 2.46. The zero-order valence-electron chi connectivity index (χ0n) is 44.2. The lowest BCUT2D eigenvalue weighted by Crippen LogP contribution is -2.69. The fourth-order valence-corrected chi connectivity index (χ4v) is 44.1. The molecule has 2 aliphatic heterocycles. The Morgan fingerprint density at radius 2 is 1.11 bits per heavy atom. The van der Waals surface area contributed by atoms with Crippen molar-refractivity contribution in [2.45, 2.75) is 123 Å². The quantitative estimate of drug-likeness (QED) is 0.0297. The van der Waals surface area contributed by atoms with Crippen molar-refractivity contribution in [2.75, 3.05) is 104 Å². The number of nitrogens with two attached hydrogens (primary N) is 2. The molecule has 29 heteroatoms. The van der Waals surface area contributed by atoms with Crippen LogP contribution in [0.2, 0.25) is 90.7 Å². The lowest BCUT2D eigenvalue weighted by atomic mass is 10.4. The van der Waals surface area contributed by atoms with E-state index in [0.29, 0.717) is 83.6 Å². The average Bonchev–Trinajstić information content (AvgIpc) is 3.15. The summed E-state index contributed by atoms with van der Waals surface area (Å²) in [7, 11) is -20.7. The molecule has 0 aromatic carbocycles. The average molecular weight is 1070 g/mol. The molecule has 0 spiro atoms. The first kappa shape index (κ1) is 57.8. The maximum absolute atomic E-state index is 7.84. The van der Waals surface area contributed by atoms with Crippen LogP contribution in [-0.4, -0.2) is 217 Å². The second-order valence-electron chi connectivity index (χ2n) is 20.0. The van der Waals surface area contributed by atoms with E-state index in [1.807, 2.05) is 92.4 Å². The van der Waals surface area contributed by atoms with Gasteiger partial charge in [-0.25, -0.2) is 0 Å². The molecule has 4 unspecified atom stereocenters. The predicted molar refractivity (Wildman–Crippen MR) is 275 cm³/mol. The summed E-state index contributed by atoms with van der Waals surface area (Å²) in [4.78, 5) is 14.9. The first-order valence-electron chi connectivity index (χ1n) is 24.0. The Balaban J connectivity index is 2.61. The van der Waals surface area contributed by atoms with Crippen LogP contribution in [0.25, 0.3) is 0 Å². The predicted octanol–water partition coefficient (Wildman–Crippen LogP) is 1.46. The number of hydrogen-bond acceptors (Lipinski definition) is 19. The monoisotopic (exact) mass is 1070 g/mol. The van der Waals surface area contributed by atoms with Crippen molar-refractivity contribution in [3.05, 3.63) is 0 Å². The molecule has 2 rings (SSSR count). The number of nitrogens with one attached hydrogen (secondary N) is 2. The molecule has 378 valence electrons. The van der Waals surface area contributed by atoms with Crippen LogP contribution in [-0.2, 0) is 47.1 Å². The van der Waals surface area contributed by atoms with E-state index in [0.717, 1.165) is 45.6 Å². The lowest BCUT2D eigenvalue weighted by molar-refractivity contribution is -0.129. The van der Waals surface area contributed by atoms with E-state index in [1.165, 1.54) is 0 Å². The standard InChI is InChI=1S/C35H91BN6O13Si9/c1-35(2,47-56(33-41-23-27-45-28-24-41)49-60(9,10)53-62(13,51-58(5,6)43)31-15-19-39-21-17-37)48-64(50-57(3,4)36,34-42-25-29-46-30-26-42)55-61(11,12)54-63(14,52-59(7,8)44)32-16-20-40-22-18-38/h39-40,43-44,56H,15-34,37-38H2,1-14H3/i43D,44D. The van der Waals surface area contributed by atoms with Crippen LogP contribution in [0.5, 0.6) is 0 Å². The van der Waals surface area contributed by atoms with E-state index in [-0.39, 0.29) is 0 Å². The van der Waals surface area contributed by atoms with Gasteiger partial charge < -0.3 is 78.8 Å². The van der Waals surface area contributed by atoms with Gasteiger partial charge in [-0.1, -0.05) is 13.1 Å². The van der Waals surface area contributed by atoms with Gasteiger partial charge in [0.15, 0.2) is 2.86 Å². The van der Waals surface area contributed by atoms with Gasteiger partial charge in [-0.15, -0.1) is 0 Å². The number of morpholine rings is 2. The Kier molecular flexibility index (Phi) is 24.6. The molecule has 0 amide bonds. The van der Waals surface area contributed by atoms with Crippen LogP contribution >= 0.6 is 0 Å². The third-order valence-corrected chi connectivity index (χ3v) is 40.0. The maximum atomic E-state index is 7.84. The fourth-order valence-electron chi connectivity index (χ4n) is 7.99. The van der Waals surface area contributed by atoms with Crippen LogP contribution in [0.4, 0.5) is 0 Å². The highest BCUT2D eigenvalue weighted by molar-refractivity contribution is 7.14. The Labute approximate surface area is 402 Å². The highest BCUT2D eigenvalue weighted by atomic mass is 28.5. The van der Waals surface area contributed by atoms with Crippen LogP contribution in [0, 0.1) is 0 Å². The largest absolute Gasteiger partial charge is 0.498 e. The molecule has 4 atom stereocenters. The van der Waals surface area contributed by atoms with Crippen molar-refractivity contribution in [1.82, 2.24) is 20.4 Å². The third-order valence-electron chi connectivity index (χ3n) is 9.54. The minimum absolute atomic E-state index is 0.327. The summed E-state index contributed by atoms with van der Waals surface area (Å²) in [5.74, 6) is -1.30. The summed E-state index contributed by atoms with van der Waals surface area (Å²) in [5.41, 5.74) is 11.5. The molecule has 0 aromatic rings. The van der Waals surface area contributed by atoms with Gasteiger partial charge in [0.05, 0.1) is 40.0 Å². The molecule has 0 aromatic heterocycles. The third kappa shape index (κ3) is 27.6. The molecule has 19 nitrogen and oxygen atoms in total. The van der Waals surface area contributed by atoms with E-state index in [2.05, 4.69) is 20.4 Å². The van der Waals surface area contributed by atoms with E-state index < -0.39 is 83.4 Å². The highest BCUT2D eigenvalue weighted by Crippen LogP contribution is 2.33. The van der Waals surface area contributed by atoms with Crippen molar-refractivity contribution in [3.63, 3.8) is 0 Å². The summed E-state index contributed by atoms with van der Waals surface area (Å²) >= 11 is 0. The molecule has 8 N–H and O–H groups in total. The molecule has 2 fully saturated rings.